The normalized spacial score (nSPS) is 29.4. The molecule has 0 aromatic heterocycles. The van der Waals surface area contributed by atoms with E-state index in [4.69, 9.17) is 5.73 Å². The lowest BCUT2D eigenvalue weighted by molar-refractivity contribution is 0.205. The summed E-state index contributed by atoms with van der Waals surface area (Å²) in [4.78, 5) is 0. The van der Waals surface area contributed by atoms with E-state index in [-0.39, 0.29) is 0 Å². The fourth-order valence-electron chi connectivity index (χ4n) is 2.73. The molecule has 90 valence electrons. The van der Waals surface area contributed by atoms with Crippen LogP contribution in [0.4, 0.5) is 0 Å². The van der Waals surface area contributed by atoms with Crippen LogP contribution in [-0.4, -0.2) is 17.0 Å². The summed E-state index contributed by atoms with van der Waals surface area (Å²) in [7, 11) is 0. The summed E-state index contributed by atoms with van der Waals surface area (Å²) in [6.07, 6.45) is 6.95. The average Bonchev–Trinajstić information content (AvgIpc) is 2.25. The van der Waals surface area contributed by atoms with E-state index in [1.807, 2.05) is 11.8 Å². The van der Waals surface area contributed by atoms with Crippen molar-refractivity contribution in [1.82, 2.24) is 0 Å². The number of rotatable bonds is 5. The van der Waals surface area contributed by atoms with Gasteiger partial charge in [0.1, 0.15) is 0 Å². The van der Waals surface area contributed by atoms with Crippen LogP contribution in [0.5, 0.6) is 0 Å². The molecule has 1 aliphatic rings. The Balaban J connectivity index is 2.37. The molecule has 1 aliphatic carbocycles. The summed E-state index contributed by atoms with van der Waals surface area (Å²) in [5, 5.41) is 0.722. The largest absolute Gasteiger partial charge is 0.327 e. The highest BCUT2D eigenvalue weighted by molar-refractivity contribution is 7.99. The van der Waals surface area contributed by atoms with E-state index in [0.717, 1.165) is 22.8 Å². The molecule has 1 fully saturated rings. The Morgan fingerprint density at radius 2 is 1.93 bits per heavy atom. The zero-order valence-corrected chi connectivity index (χ0v) is 11.4. The van der Waals surface area contributed by atoms with Crippen LogP contribution in [0.1, 0.15) is 52.9 Å². The molecule has 3 atom stereocenters. The summed E-state index contributed by atoms with van der Waals surface area (Å²) >= 11 is 2.02. The fourth-order valence-corrected chi connectivity index (χ4v) is 3.59. The predicted octanol–water partition coefficient (Wildman–Crippen LogP) is 3.67. The molecule has 0 heterocycles. The number of hydrogen-bond acceptors (Lipinski definition) is 2. The van der Waals surface area contributed by atoms with Crippen molar-refractivity contribution in [3.8, 4) is 0 Å². The van der Waals surface area contributed by atoms with Gasteiger partial charge in [0.05, 0.1) is 0 Å². The summed E-state index contributed by atoms with van der Waals surface area (Å²) in [5.74, 6) is 2.86. The Morgan fingerprint density at radius 1 is 1.27 bits per heavy atom. The molecule has 0 saturated heterocycles. The van der Waals surface area contributed by atoms with Crippen LogP contribution < -0.4 is 5.73 Å². The standard InChI is InChI=1S/C13H27NS/c1-4-11-7-5-6-8-12(11)13(14)9-15-10(2)3/h10-13H,4-9,14H2,1-3H3. The van der Waals surface area contributed by atoms with Gasteiger partial charge in [0.15, 0.2) is 0 Å². The van der Waals surface area contributed by atoms with E-state index < -0.39 is 0 Å². The van der Waals surface area contributed by atoms with Crippen molar-refractivity contribution >= 4 is 11.8 Å². The third-order valence-electron chi connectivity index (χ3n) is 3.66. The summed E-state index contributed by atoms with van der Waals surface area (Å²) in [5.41, 5.74) is 6.34. The molecule has 1 rings (SSSR count). The topological polar surface area (TPSA) is 26.0 Å². The molecular weight excluding hydrogens is 202 g/mol. The Bertz CT molecular complexity index is 170. The van der Waals surface area contributed by atoms with E-state index in [2.05, 4.69) is 20.8 Å². The van der Waals surface area contributed by atoms with Crippen LogP contribution in [0.2, 0.25) is 0 Å². The quantitative estimate of drug-likeness (QED) is 0.778. The maximum atomic E-state index is 6.34. The van der Waals surface area contributed by atoms with Crippen molar-refractivity contribution in [1.29, 1.82) is 0 Å². The lowest BCUT2D eigenvalue weighted by Crippen LogP contribution is -2.39. The Hall–Kier alpha value is 0.310. The van der Waals surface area contributed by atoms with Crippen LogP contribution in [-0.2, 0) is 0 Å². The van der Waals surface area contributed by atoms with Gasteiger partial charge >= 0.3 is 0 Å². The minimum absolute atomic E-state index is 0.433. The molecular formula is C13H27NS. The van der Waals surface area contributed by atoms with Crippen LogP contribution in [0, 0.1) is 11.8 Å². The maximum absolute atomic E-state index is 6.34. The van der Waals surface area contributed by atoms with E-state index in [9.17, 15) is 0 Å². The lowest BCUT2D eigenvalue weighted by atomic mass is 9.75. The van der Waals surface area contributed by atoms with Crippen molar-refractivity contribution < 1.29 is 0 Å². The number of nitrogens with two attached hydrogens (primary N) is 1. The summed E-state index contributed by atoms with van der Waals surface area (Å²) < 4.78 is 0. The van der Waals surface area contributed by atoms with Gasteiger partial charge in [0.2, 0.25) is 0 Å². The van der Waals surface area contributed by atoms with Gasteiger partial charge in [-0.1, -0.05) is 46.5 Å². The highest BCUT2D eigenvalue weighted by atomic mass is 32.2. The first-order chi connectivity index (χ1) is 7.15. The van der Waals surface area contributed by atoms with Gasteiger partial charge in [0, 0.05) is 11.8 Å². The SMILES string of the molecule is CCC1CCCCC1C(N)CSC(C)C. The van der Waals surface area contributed by atoms with Crippen molar-refractivity contribution in [2.75, 3.05) is 5.75 Å². The molecule has 1 saturated carbocycles. The van der Waals surface area contributed by atoms with Gasteiger partial charge in [-0.15, -0.1) is 0 Å². The zero-order chi connectivity index (χ0) is 11.3. The smallest absolute Gasteiger partial charge is 0.0161 e. The molecule has 0 bridgehead atoms. The first-order valence-corrected chi connectivity index (χ1v) is 7.57. The predicted molar refractivity (Wildman–Crippen MR) is 71.3 cm³/mol. The van der Waals surface area contributed by atoms with E-state index in [0.29, 0.717) is 6.04 Å². The van der Waals surface area contributed by atoms with Crippen LogP contribution in [0.3, 0.4) is 0 Å². The third kappa shape index (κ3) is 4.36. The van der Waals surface area contributed by atoms with Gasteiger partial charge in [-0.05, 0) is 23.5 Å². The molecule has 0 aromatic rings. The minimum Gasteiger partial charge on any atom is -0.327 e. The molecule has 0 spiro atoms. The van der Waals surface area contributed by atoms with E-state index in [1.54, 1.807) is 0 Å². The number of thioether (sulfide) groups is 1. The van der Waals surface area contributed by atoms with Crippen molar-refractivity contribution in [2.24, 2.45) is 17.6 Å². The lowest BCUT2D eigenvalue weighted by Gasteiger charge is -2.35. The van der Waals surface area contributed by atoms with Gasteiger partial charge in [-0.2, -0.15) is 11.8 Å². The fraction of sp³-hybridized carbons (Fsp3) is 1.00. The third-order valence-corrected chi connectivity index (χ3v) is 4.91. The maximum Gasteiger partial charge on any atom is 0.0161 e. The second-order valence-electron chi connectivity index (χ2n) is 5.16. The molecule has 1 nitrogen and oxygen atoms in total. The molecule has 0 amide bonds. The molecule has 0 aliphatic heterocycles. The monoisotopic (exact) mass is 229 g/mol. The minimum atomic E-state index is 0.433. The van der Waals surface area contributed by atoms with Crippen molar-refractivity contribution in [3.05, 3.63) is 0 Å². The molecule has 2 heteroatoms. The second-order valence-corrected chi connectivity index (χ2v) is 6.77. The van der Waals surface area contributed by atoms with Gasteiger partial charge < -0.3 is 5.73 Å². The Kier molecular flexibility index (Phi) is 6.06. The van der Waals surface area contributed by atoms with Crippen molar-refractivity contribution in [3.63, 3.8) is 0 Å². The summed E-state index contributed by atoms with van der Waals surface area (Å²) in [6.45, 7) is 6.84. The van der Waals surface area contributed by atoms with Crippen LogP contribution in [0.25, 0.3) is 0 Å². The Morgan fingerprint density at radius 3 is 2.53 bits per heavy atom. The molecule has 3 unspecified atom stereocenters. The highest BCUT2D eigenvalue weighted by Gasteiger charge is 2.28. The van der Waals surface area contributed by atoms with Gasteiger partial charge in [-0.25, -0.2) is 0 Å². The first kappa shape index (κ1) is 13.4. The molecule has 0 radical (unpaired) electrons. The highest BCUT2D eigenvalue weighted by Crippen LogP contribution is 2.34. The summed E-state index contributed by atoms with van der Waals surface area (Å²) in [6, 6.07) is 0.433. The van der Waals surface area contributed by atoms with Crippen LogP contribution in [0.15, 0.2) is 0 Å². The van der Waals surface area contributed by atoms with Crippen molar-refractivity contribution in [2.45, 2.75) is 64.2 Å². The first-order valence-electron chi connectivity index (χ1n) is 6.52. The molecule has 2 N–H and O–H groups in total. The average molecular weight is 229 g/mol. The zero-order valence-electron chi connectivity index (χ0n) is 10.5. The van der Waals surface area contributed by atoms with E-state index >= 15 is 0 Å². The molecule has 15 heavy (non-hydrogen) atoms. The second kappa shape index (κ2) is 6.80. The van der Waals surface area contributed by atoms with E-state index in [1.165, 1.54) is 32.1 Å². The number of hydrogen-bond donors (Lipinski definition) is 1. The Labute approximate surface area is 99.6 Å². The van der Waals surface area contributed by atoms with Gasteiger partial charge in [-0.3, -0.25) is 0 Å². The van der Waals surface area contributed by atoms with Gasteiger partial charge in [0.25, 0.3) is 0 Å². The van der Waals surface area contributed by atoms with Crippen LogP contribution >= 0.6 is 11.8 Å². The molecule has 0 aromatic carbocycles.